The number of hydrogen-bond acceptors (Lipinski definition) is 5. The summed E-state index contributed by atoms with van der Waals surface area (Å²) in [5.74, 6) is -0.0313. The molecule has 0 aliphatic heterocycles. The Hall–Kier alpha value is -3.95. The number of carbonyl (C=O) groups excluding carboxylic acids is 2. The highest BCUT2D eigenvalue weighted by Gasteiger charge is 2.26. The van der Waals surface area contributed by atoms with E-state index in [9.17, 15) is 9.59 Å². The number of aliphatic hydroxyl groups is 1. The Morgan fingerprint density at radius 1 is 1.06 bits per heavy atom. The fraction of sp³-hybridized carbons (Fsp3) is 0.160. The number of pyridine rings is 1. The molecule has 0 spiro atoms. The van der Waals surface area contributed by atoms with E-state index < -0.39 is 0 Å². The first-order chi connectivity index (χ1) is 16.4. The van der Waals surface area contributed by atoms with E-state index in [0.29, 0.717) is 27.7 Å². The van der Waals surface area contributed by atoms with Gasteiger partial charge in [0.15, 0.2) is 0 Å². The summed E-state index contributed by atoms with van der Waals surface area (Å²) in [6.45, 7) is 1.97. The van der Waals surface area contributed by atoms with Crippen LogP contribution in [0.3, 0.4) is 0 Å². The molecule has 0 atom stereocenters. The molecule has 0 aliphatic carbocycles. The van der Waals surface area contributed by atoms with E-state index in [1.54, 1.807) is 58.7 Å². The van der Waals surface area contributed by atoms with Crippen molar-refractivity contribution in [2.45, 2.75) is 11.9 Å². The number of ether oxygens (including phenoxy) is 1. The average molecular weight is 477 g/mol. The molecule has 2 aromatic heterocycles. The van der Waals surface area contributed by atoms with Gasteiger partial charge in [0, 0.05) is 23.3 Å². The molecule has 0 aliphatic rings. The number of rotatable bonds is 7. The molecule has 4 rings (SSSR count). The van der Waals surface area contributed by atoms with Gasteiger partial charge in [0.2, 0.25) is 5.69 Å². The molecular formula is C25H24N4O4S. The van der Waals surface area contributed by atoms with Crippen molar-refractivity contribution >= 4 is 35.8 Å². The number of benzene rings is 2. The molecule has 0 radical (unpaired) electrons. The molecule has 8 nitrogen and oxygen atoms in total. The highest BCUT2D eigenvalue weighted by atomic mass is 32.1. The van der Waals surface area contributed by atoms with Crippen LogP contribution < -0.4 is 19.8 Å². The van der Waals surface area contributed by atoms with Gasteiger partial charge in [0.1, 0.15) is 11.4 Å². The Morgan fingerprint density at radius 2 is 1.76 bits per heavy atom. The second-order valence-electron chi connectivity index (χ2n) is 7.63. The molecule has 0 fully saturated rings. The van der Waals surface area contributed by atoms with E-state index in [4.69, 9.17) is 22.5 Å². The van der Waals surface area contributed by atoms with Crippen molar-refractivity contribution < 1.29 is 23.8 Å². The highest BCUT2D eigenvalue weighted by molar-refractivity contribution is 7.58. The van der Waals surface area contributed by atoms with Gasteiger partial charge in [-0.3, -0.25) is 9.59 Å². The minimum Gasteiger partial charge on any atom is -0.732 e. The Bertz CT molecular complexity index is 1350. The monoisotopic (exact) mass is 476 g/mol. The van der Waals surface area contributed by atoms with Crippen molar-refractivity contribution in [3.8, 4) is 11.4 Å². The van der Waals surface area contributed by atoms with Crippen LogP contribution in [0.25, 0.3) is 11.3 Å². The predicted molar refractivity (Wildman–Crippen MR) is 130 cm³/mol. The fourth-order valence-corrected chi connectivity index (χ4v) is 3.98. The summed E-state index contributed by atoms with van der Waals surface area (Å²) >= 11 is 5.75. The number of imidazole rings is 1. The van der Waals surface area contributed by atoms with Gasteiger partial charge in [0.05, 0.1) is 25.5 Å². The van der Waals surface area contributed by atoms with E-state index in [1.807, 2.05) is 31.2 Å². The molecule has 0 saturated heterocycles. The molecular weight excluding hydrogens is 452 g/mol. The van der Waals surface area contributed by atoms with Crippen LogP contribution in [-0.2, 0) is 12.6 Å². The number of anilines is 1. The van der Waals surface area contributed by atoms with Crippen molar-refractivity contribution in [3.05, 3.63) is 83.7 Å². The molecule has 9 heteroatoms. The Morgan fingerprint density at radius 3 is 2.41 bits per heavy atom. The SMILES string of the molecule is COc1ccc(NC(=O)c2c([S-])n(-c3ccc(C)cc3)c3cc(C(=O)NCCO)cc[n+]23)cc1. The van der Waals surface area contributed by atoms with Gasteiger partial charge < -0.3 is 33.1 Å². The minimum absolute atomic E-state index is 0.144. The Kier molecular flexibility index (Phi) is 6.76. The van der Waals surface area contributed by atoms with Crippen molar-refractivity contribution in [3.63, 3.8) is 0 Å². The van der Waals surface area contributed by atoms with E-state index in [2.05, 4.69) is 10.6 Å². The van der Waals surface area contributed by atoms with Crippen LogP contribution in [0.2, 0.25) is 0 Å². The predicted octanol–water partition coefficient (Wildman–Crippen LogP) is 2.41. The van der Waals surface area contributed by atoms with Crippen LogP contribution in [0, 0.1) is 6.92 Å². The van der Waals surface area contributed by atoms with Crippen molar-refractivity contribution in [1.29, 1.82) is 0 Å². The number of nitrogens with one attached hydrogen (secondary N) is 2. The summed E-state index contributed by atoms with van der Waals surface area (Å²) in [5.41, 5.74) is 3.66. The molecule has 2 amide bonds. The summed E-state index contributed by atoms with van der Waals surface area (Å²) < 4.78 is 8.60. The zero-order valence-electron chi connectivity index (χ0n) is 18.7. The zero-order chi connectivity index (χ0) is 24.2. The zero-order valence-corrected chi connectivity index (χ0v) is 19.6. The lowest BCUT2D eigenvalue weighted by Crippen LogP contribution is -2.32. The third-order valence-electron chi connectivity index (χ3n) is 5.32. The number of amides is 2. The lowest BCUT2D eigenvalue weighted by atomic mass is 10.2. The van der Waals surface area contributed by atoms with Crippen LogP contribution in [0.1, 0.15) is 26.4 Å². The van der Waals surface area contributed by atoms with Crippen LogP contribution in [0.5, 0.6) is 5.75 Å². The summed E-state index contributed by atoms with van der Waals surface area (Å²) in [5, 5.41) is 14.8. The number of carbonyl (C=O) groups is 2. The first kappa shape index (κ1) is 23.2. The summed E-state index contributed by atoms with van der Waals surface area (Å²) in [4.78, 5) is 25.8. The lowest BCUT2D eigenvalue weighted by Gasteiger charge is -2.08. The first-order valence-corrected chi connectivity index (χ1v) is 11.0. The Balaban J connectivity index is 1.82. The number of aryl methyl sites for hydroxylation is 1. The largest absolute Gasteiger partial charge is 0.732 e. The molecule has 3 N–H and O–H groups in total. The molecule has 0 saturated carbocycles. The molecule has 4 aromatic rings. The van der Waals surface area contributed by atoms with Gasteiger partial charge in [0.25, 0.3) is 17.5 Å². The smallest absolute Gasteiger partial charge is 0.298 e. The summed E-state index contributed by atoms with van der Waals surface area (Å²) in [6.07, 6.45) is 1.65. The third kappa shape index (κ3) is 4.57. The molecule has 174 valence electrons. The molecule has 2 heterocycles. The molecule has 0 bridgehead atoms. The maximum Gasteiger partial charge on any atom is 0.298 e. The summed E-state index contributed by atoms with van der Waals surface area (Å²) in [7, 11) is 1.58. The standard InChI is InChI=1S/C25H24N4O4S/c1-16-3-7-19(8-4-16)29-21-15-17(23(31)26-12-14-30)11-13-28(21)22(25(29)34)24(32)27-18-5-9-20(33-2)10-6-18/h3-11,13,15,30H,12,14H2,1-2H3,(H2-,26,27,31,32,34). The maximum atomic E-state index is 13.3. The van der Waals surface area contributed by atoms with Crippen LogP contribution >= 0.6 is 0 Å². The van der Waals surface area contributed by atoms with E-state index >= 15 is 0 Å². The van der Waals surface area contributed by atoms with E-state index in [-0.39, 0.29) is 30.7 Å². The fourth-order valence-electron chi connectivity index (χ4n) is 3.59. The van der Waals surface area contributed by atoms with E-state index in [1.165, 1.54) is 0 Å². The minimum atomic E-state index is -0.381. The number of hydrogen-bond donors (Lipinski definition) is 3. The van der Waals surface area contributed by atoms with Gasteiger partial charge in [-0.05, 0) is 49.4 Å². The second kappa shape index (κ2) is 9.90. The van der Waals surface area contributed by atoms with Crippen LogP contribution in [-0.4, -0.2) is 41.7 Å². The number of nitrogens with zero attached hydrogens (tertiary/aromatic N) is 2. The Labute approximate surface area is 202 Å². The highest BCUT2D eigenvalue weighted by Crippen LogP contribution is 2.22. The molecule has 34 heavy (non-hydrogen) atoms. The van der Waals surface area contributed by atoms with Gasteiger partial charge in [-0.15, -0.1) is 0 Å². The van der Waals surface area contributed by atoms with Gasteiger partial charge in [-0.25, -0.2) is 4.57 Å². The topological polar surface area (TPSA) is 96.7 Å². The van der Waals surface area contributed by atoms with Gasteiger partial charge in [-0.1, -0.05) is 17.7 Å². The molecule has 0 unspecified atom stereocenters. The van der Waals surface area contributed by atoms with Gasteiger partial charge >= 0.3 is 0 Å². The second-order valence-corrected chi connectivity index (χ2v) is 8.02. The summed E-state index contributed by atoms with van der Waals surface area (Å²) in [6, 6.07) is 18.0. The number of methoxy groups -OCH3 is 1. The lowest BCUT2D eigenvalue weighted by molar-refractivity contribution is -0.514. The third-order valence-corrected chi connectivity index (χ3v) is 5.70. The maximum absolute atomic E-state index is 13.3. The van der Waals surface area contributed by atoms with Gasteiger partial charge in [-0.2, -0.15) is 4.40 Å². The quantitative estimate of drug-likeness (QED) is 0.281. The van der Waals surface area contributed by atoms with E-state index in [0.717, 1.165) is 11.3 Å². The van der Waals surface area contributed by atoms with Crippen LogP contribution in [0.4, 0.5) is 5.69 Å². The number of aromatic nitrogens is 2. The molecule has 2 aromatic carbocycles. The average Bonchev–Trinajstić information content (AvgIpc) is 3.14. The number of aliphatic hydroxyl groups excluding tert-OH is 1. The van der Waals surface area contributed by atoms with Crippen molar-refractivity contribution in [2.24, 2.45) is 0 Å². The normalized spacial score (nSPS) is 10.8. The van der Waals surface area contributed by atoms with Crippen molar-refractivity contribution in [2.75, 3.05) is 25.6 Å². The first-order valence-electron chi connectivity index (χ1n) is 10.6. The number of fused-ring (bicyclic) bond motifs is 1. The van der Waals surface area contributed by atoms with Crippen molar-refractivity contribution in [1.82, 2.24) is 9.88 Å². The van der Waals surface area contributed by atoms with Crippen LogP contribution in [0.15, 0.2) is 71.9 Å².